The molecular formula is C12H16N2. The molecule has 0 amide bonds. The van der Waals surface area contributed by atoms with Crippen LogP contribution in [0.2, 0.25) is 0 Å². The van der Waals surface area contributed by atoms with Crippen molar-refractivity contribution in [1.82, 2.24) is 9.97 Å². The van der Waals surface area contributed by atoms with Gasteiger partial charge in [0.1, 0.15) is 0 Å². The number of nitrogens with zero attached hydrogens (tertiary/aromatic N) is 1. The van der Waals surface area contributed by atoms with Crippen LogP contribution in [0.1, 0.15) is 31.4 Å². The normalized spacial score (nSPS) is 27.1. The maximum atomic E-state index is 5.47. The zero-order valence-corrected chi connectivity index (χ0v) is 8.37. The van der Waals surface area contributed by atoms with Gasteiger partial charge < -0.3 is 4.98 Å². The van der Waals surface area contributed by atoms with Gasteiger partial charge in [0.2, 0.25) is 0 Å². The molecule has 2 nitrogen and oxygen atoms in total. The van der Waals surface area contributed by atoms with Crippen LogP contribution in [0.3, 0.4) is 0 Å². The number of H-pyrrole nitrogens is 1. The minimum atomic E-state index is 0.511. The molecule has 0 spiro atoms. The molecule has 1 saturated carbocycles. The van der Waals surface area contributed by atoms with E-state index in [4.69, 9.17) is 6.42 Å². The van der Waals surface area contributed by atoms with Crippen LogP contribution in [0.25, 0.3) is 0 Å². The third-order valence-electron chi connectivity index (χ3n) is 3.08. The van der Waals surface area contributed by atoms with Gasteiger partial charge in [-0.05, 0) is 31.6 Å². The van der Waals surface area contributed by atoms with Crippen molar-refractivity contribution in [2.75, 3.05) is 0 Å². The van der Waals surface area contributed by atoms with Crippen molar-refractivity contribution < 1.29 is 0 Å². The smallest absolute Gasteiger partial charge is 0.0921 e. The number of nitrogens with one attached hydrogen (secondary N) is 1. The fourth-order valence-corrected chi connectivity index (χ4v) is 2.34. The fourth-order valence-electron chi connectivity index (χ4n) is 2.34. The summed E-state index contributed by atoms with van der Waals surface area (Å²) in [6.07, 6.45) is 15.3. The summed E-state index contributed by atoms with van der Waals surface area (Å²) in [5.41, 5.74) is 1.24. The Bertz CT molecular complexity index is 308. The third-order valence-corrected chi connectivity index (χ3v) is 3.08. The summed E-state index contributed by atoms with van der Waals surface area (Å²) < 4.78 is 0. The second-order valence-electron chi connectivity index (χ2n) is 4.18. The number of rotatable bonds is 2. The zero-order chi connectivity index (χ0) is 9.80. The van der Waals surface area contributed by atoms with Crippen molar-refractivity contribution in [3.05, 3.63) is 18.2 Å². The van der Waals surface area contributed by atoms with E-state index in [2.05, 4.69) is 15.9 Å². The molecule has 1 fully saturated rings. The second-order valence-corrected chi connectivity index (χ2v) is 4.18. The van der Waals surface area contributed by atoms with Gasteiger partial charge in [0.25, 0.3) is 0 Å². The zero-order valence-electron chi connectivity index (χ0n) is 8.37. The summed E-state index contributed by atoms with van der Waals surface area (Å²) in [7, 11) is 0. The van der Waals surface area contributed by atoms with Crippen LogP contribution < -0.4 is 0 Å². The molecule has 2 rings (SSSR count). The molecule has 1 heterocycles. The van der Waals surface area contributed by atoms with Crippen LogP contribution in [0.15, 0.2) is 12.5 Å². The molecule has 2 heteroatoms. The van der Waals surface area contributed by atoms with E-state index >= 15 is 0 Å². The monoisotopic (exact) mass is 188 g/mol. The Morgan fingerprint density at radius 2 is 2.50 bits per heavy atom. The van der Waals surface area contributed by atoms with E-state index in [0.29, 0.717) is 5.92 Å². The average Bonchev–Trinajstić information content (AvgIpc) is 2.71. The molecule has 2 atom stereocenters. The maximum absolute atomic E-state index is 5.47. The highest BCUT2D eigenvalue weighted by atomic mass is 14.9. The second kappa shape index (κ2) is 4.32. The average molecular weight is 188 g/mol. The summed E-state index contributed by atoms with van der Waals surface area (Å²) in [6.45, 7) is 0. The number of aromatic amines is 1. The minimum Gasteiger partial charge on any atom is -0.348 e. The summed E-state index contributed by atoms with van der Waals surface area (Å²) in [5, 5.41) is 0. The highest BCUT2D eigenvalue weighted by Crippen LogP contribution is 2.30. The Morgan fingerprint density at radius 1 is 1.57 bits per heavy atom. The molecule has 1 aliphatic rings. The molecule has 0 aromatic carbocycles. The summed E-state index contributed by atoms with van der Waals surface area (Å²) in [4.78, 5) is 7.19. The molecule has 14 heavy (non-hydrogen) atoms. The number of aromatic nitrogens is 2. The Kier molecular flexibility index (Phi) is 2.88. The first kappa shape index (κ1) is 9.33. The fraction of sp³-hybridized carbons (Fsp3) is 0.583. The van der Waals surface area contributed by atoms with Gasteiger partial charge in [-0.1, -0.05) is 6.42 Å². The lowest BCUT2D eigenvalue weighted by molar-refractivity contribution is 0.308. The summed E-state index contributed by atoms with van der Waals surface area (Å²) in [6, 6.07) is 0. The quantitative estimate of drug-likeness (QED) is 0.709. The van der Waals surface area contributed by atoms with E-state index < -0.39 is 0 Å². The lowest BCUT2D eigenvalue weighted by Crippen LogP contribution is -2.16. The first-order valence-corrected chi connectivity index (χ1v) is 5.32. The SMILES string of the molecule is C#CC1CCCC(Cc2cnc[nH]2)C1. The van der Waals surface area contributed by atoms with Crippen LogP contribution in [0.4, 0.5) is 0 Å². The Balaban J connectivity index is 1.90. The van der Waals surface area contributed by atoms with E-state index in [0.717, 1.165) is 12.3 Å². The lowest BCUT2D eigenvalue weighted by Gasteiger charge is -2.25. The van der Waals surface area contributed by atoms with E-state index in [1.54, 1.807) is 6.33 Å². The predicted octanol–water partition coefficient (Wildman–Crippen LogP) is 2.39. The molecule has 74 valence electrons. The van der Waals surface area contributed by atoms with E-state index in [1.807, 2.05) is 6.20 Å². The molecule has 0 aliphatic heterocycles. The summed E-state index contributed by atoms with van der Waals surface area (Å²) in [5.74, 6) is 4.15. The van der Waals surface area contributed by atoms with Crippen molar-refractivity contribution in [3.8, 4) is 12.3 Å². The third kappa shape index (κ3) is 2.17. The van der Waals surface area contributed by atoms with E-state index in [9.17, 15) is 0 Å². The van der Waals surface area contributed by atoms with Crippen LogP contribution >= 0.6 is 0 Å². The summed E-state index contributed by atoms with van der Waals surface area (Å²) >= 11 is 0. The molecule has 1 N–H and O–H groups in total. The lowest BCUT2D eigenvalue weighted by atomic mass is 9.80. The van der Waals surface area contributed by atoms with Gasteiger partial charge in [-0.25, -0.2) is 4.98 Å². The molecule has 0 saturated heterocycles. The predicted molar refractivity (Wildman–Crippen MR) is 56.6 cm³/mol. The van der Waals surface area contributed by atoms with Gasteiger partial charge in [0.15, 0.2) is 0 Å². The highest BCUT2D eigenvalue weighted by Gasteiger charge is 2.20. The van der Waals surface area contributed by atoms with Gasteiger partial charge in [-0.3, -0.25) is 0 Å². The van der Waals surface area contributed by atoms with Crippen LogP contribution in [-0.4, -0.2) is 9.97 Å². The molecule has 1 aliphatic carbocycles. The topological polar surface area (TPSA) is 28.7 Å². The van der Waals surface area contributed by atoms with Gasteiger partial charge >= 0.3 is 0 Å². The largest absolute Gasteiger partial charge is 0.348 e. The van der Waals surface area contributed by atoms with Gasteiger partial charge in [0.05, 0.1) is 6.33 Å². The molecule has 1 aromatic rings. The standard InChI is InChI=1S/C12H16N2/c1-2-10-4-3-5-11(6-10)7-12-8-13-9-14-12/h1,8-11H,3-7H2,(H,13,14). The molecular weight excluding hydrogens is 172 g/mol. The van der Waals surface area contributed by atoms with Crippen LogP contribution in [0.5, 0.6) is 0 Å². The van der Waals surface area contributed by atoms with Crippen molar-refractivity contribution in [2.24, 2.45) is 11.8 Å². The van der Waals surface area contributed by atoms with Crippen molar-refractivity contribution in [3.63, 3.8) is 0 Å². The van der Waals surface area contributed by atoms with Crippen LogP contribution in [0, 0.1) is 24.2 Å². The first-order chi connectivity index (χ1) is 6.88. The Labute approximate surface area is 85.1 Å². The molecule has 0 radical (unpaired) electrons. The number of terminal acetylenes is 1. The van der Waals surface area contributed by atoms with Crippen molar-refractivity contribution in [2.45, 2.75) is 32.1 Å². The first-order valence-electron chi connectivity index (χ1n) is 5.32. The van der Waals surface area contributed by atoms with E-state index in [-0.39, 0.29) is 0 Å². The van der Waals surface area contributed by atoms with Gasteiger partial charge in [-0.2, -0.15) is 0 Å². The Morgan fingerprint density at radius 3 is 3.21 bits per heavy atom. The molecule has 2 unspecified atom stereocenters. The van der Waals surface area contributed by atoms with Crippen molar-refractivity contribution >= 4 is 0 Å². The van der Waals surface area contributed by atoms with E-state index in [1.165, 1.54) is 31.4 Å². The minimum absolute atomic E-state index is 0.511. The number of imidazole rings is 1. The molecule has 0 bridgehead atoms. The molecule has 1 aromatic heterocycles. The van der Waals surface area contributed by atoms with Gasteiger partial charge in [0, 0.05) is 17.8 Å². The number of hydrogen-bond donors (Lipinski definition) is 1. The highest BCUT2D eigenvalue weighted by molar-refractivity contribution is 5.00. The van der Waals surface area contributed by atoms with Crippen molar-refractivity contribution in [1.29, 1.82) is 0 Å². The van der Waals surface area contributed by atoms with Gasteiger partial charge in [-0.15, -0.1) is 12.3 Å². The Hall–Kier alpha value is -1.23. The maximum Gasteiger partial charge on any atom is 0.0921 e. The van der Waals surface area contributed by atoms with Crippen LogP contribution in [-0.2, 0) is 6.42 Å². The number of hydrogen-bond acceptors (Lipinski definition) is 1.